The van der Waals surface area contributed by atoms with E-state index in [4.69, 9.17) is 10.8 Å². The van der Waals surface area contributed by atoms with E-state index in [9.17, 15) is 0 Å². The molecule has 0 aromatic rings. The van der Waals surface area contributed by atoms with Crippen molar-refractivity contribution in [3.8, 4) is 0 Å². The van der Waals surface area contributed by atoms with Crippen LogP contribution < -0.4 is 5.73 Å². The van der Waals surface area contributed by atoms with Crippen molar-refractivity contribution in [1.82, 2.24) is 0 Å². The van der Waals surface area contributed by atoms with Crippen molar-refractivity contribution < 1.29 is 5.11 Å². The number of aliphatic hydroxyl groups is 1. The highest BCUT2D eigenvalue weighted by molar-refractivity contribution is 4.86. The summed E-state index contributed by atoms with van der Waals surface area (Å²) in [6.07, 6.45) is 12.3. The van der Waals surface area contributed by atoms with Crippen LogP contribution in [0, 0.1) is 0 Å². The van der Waals surface area contributed by atoms with Crippen LogP contribution in [0.3, 0.4) is 0 Å². The van der Waals surface area contributed by atoms with Crippen LogP contribution in [-0.2, 0) is 0 Å². The lowest BCUT2D eigenvalue weighted by atomic mass is 9.79. The van der Waals surface area contributed by atoms with Gasteiger partial charge in [0, 0.05) is 12.1 Å². The van der Waals surface area contributed by atoms with Crippen LogP contribution in [0.4, 0.5) is 0 Å². The first kappa shape index (κ1) is 12.0. The fourth-order valence-corrected chi connectivity index (χ4v) is 2.45. The van der Waals surface area contributed by atoms with E-state index in [0.29, 0.717) is 6.61 Å². The molecule has 0 atom stereocenters. The number of hydrogen-bond donors (Lipinski definition) is 2. The molecule has 3 N–H and O–H groups in total. The smallest absolute Gasteiger partial charge is 0.0431 e. The molecule has 1 saturated carbocycles. The number of aliphatic hydroxyl groups excluding tert-OH is 1. The van der Waals surface area contributed by atoms with Crippen LogP contribution in [0.25, 0.3) is 0 Å². The topological polar surface area (TPSA) is 46.2 Å². The standard InChI is InChI=1S/C12H25NO/c13-12(9-5-3-6-10-12)8-4-1-2-7-11-14/h14H,1-11,13H2. The van der Waals surface area contributed by atoms with E-state index >= 15 is 0 Å². The molecular formula is C12H25NO. The second-order valence-corrected chi connectivity index (χ2v) is 4.81. The minimum absolute atomic E-state index is 0.164. The van der Waals surface area contributed by atoms with E-state index in [0.717, 1.165) is 12.8 Å². The van der Waals surface area contributed by atoms with Crippen LogP contribution in [-0.4, -0.2) is 17.3 Å². The van der Waals surface area contributed by atoms with Gasteiger partial charge in [-0.15, -0.1) is 0 Å². The first-order valence-electron chi connectivity index (χ1n) is 6.17. The molecule has 1 aliphatic rings. The van der Waals surface area contributed by atoms with Gasteiger partial charge in [-0.2, -0.15) is 0 Å². The van der Waals surface area contributed by atoms with Gasteiger partial charge in [0.15, 0.2) is 0 Å². The Hall–Kier alpha value is -0.0800. The zero-order valence-electron chi connectivity index (χ0n) is 9.30. The third-order valence-electron chi connectivity index (χ3n) is 3.43. The summed E-state index contributed by atoms with van der Waals surface area (Å²) in [7, 11) is 0. The highest BCUT2D eigenvalue weighted by Gasteiger charge is 2.26. The van der Waals surface area contributed by atoms with E-state index in [1.165, 1.54) is 51.4 Å². The third-order valence-corrected chi connectivity index (χ3v) is 3.43. The fourth-order valence-electron chi connectivity index (χ4n) is 2.45. The average molecular weight is 199 g/mol. The highest BCUT2D eigenvalue weighted by Crippen LogP contribution is 2.30. The van der Waals surface area contributed by atoms with Crippen molar-refractivity contribution in [3.05, 3.63) is 0 Å². The molecule has 0 heterocycles. The molecular weight excluding hydrogens is 174 g/mol. The molecule has 14 heavy (non-hydrogen) atoms. The summed E-state index contributed by atoms with van der Waals surface area (Å²) in [6.45, 7) is 0.341. The molecule has 0 aromatic carbocycles. The quantitative estimate of drug-likeness (QED) is 0.646. The molecule has 2 heteroatoms. The van der Waals surface area contributed by atoms with E-state index in [1.54, 1.807) is 0 Å². The van der Waals surface area contributed by atoms with Crippen LogP contribution in [0.2, 0.25) is 0 Å². The second-order valence-electron chi connectivity index (χ2n) is 4.81. The predicted octanol–water partition coefficient (Wildman–Crippen LogP) is 2.59. The molecule has 0 spiro atoms. The van der Waals surface area contributed by atoms with Crippen molar-refractivity contribution >= 4 is 0 Å². The first-order valence-corrected chi connectivity index (χ1v) is 6.17. The molecule has 0 radical (unpaired) electrons. The van der Waals surface area contributed by atoms with Gasteiger partial charge < -0.3 is 10.8 Å². The first-order chi connectivity index (χ1) is 6.77. The van der Waals surface area contributed by atoms with Gasteiger partial charge in [0.2, 0.25) is 0 Å². The maximum absolute atomic E-state index is 8.64. The third kappa shape index (κ3) is 4.43. The van der Waals surface area contributed by atoms with E-state index in [-0.39, 0.29) is 5.54 Å². The summed E-state index contributed by atoms with van der Waals surface area (Å²) in [6, 6.07) is 0. The number of hydrogen-bond acceptors (Lipinski definition) is 2. The summed E-state index contributed by atoms with van der Waals surface area (Å²) in [4.78, 5) is 0. The maximum atomic E-state index is 8.64. The summed E-state index contributed by atoms with van der Waals surface area (Å²) in [5.74, 6) is 0. The Kier molecular flexibility index (Phi) is 5.49. The summed E-state index contributed by atoms with van der Waals surface area (Å²) in [5, 5.41) is 8.64. The summed E-state index contributed by atoms with van der Waals surface area (Å²) < 4.78 is 0. The van der Waals surface area contributed by atoms with Gasteiger partial charge in [-0.25, -0.2) is 0 Å². The number of unbranched alkanes of at least 4 members (excludes halogenated alkanes) is 3. The molecule has 1 fully saturated rings. The molecule has 84 valence electrons. The molecule has 0 amide bonds. The second kappa shape index (κ2) is 6.41. The number of rotatable bonds is 6. The van der Waals surface area contributed by atoms with Gasteiger partial charge in [-0.3, -0.25) is 0 Å². The van der Waals surface area contributed by atoms with Gasteiger partial charge in [0.05, 0.1) is 0 Å². The Morgan fingerprint density at radius 1 is 0.929 bits per heavy atom. The van der Waals surface area contributed by atoms with Crippen LogP contribution in [0.5, 0.6) is 0 Å². The Balaban J connectivity index is 2.03. The fraction of sp³-hybridized carbons (Fsp3) is 1.00. The van der Waals surface area contributed by atoms with Gasteiger partial charge >= 0.3 is 0 Å². The average Bonchev–Trinajstić information content (AvgIpc) is 2.18. The SMILES string of the molecule is NC1(CCCCCCO)CCCCC1. The molecule has 1 aliphatic carbocycles. The zero-order chi connectivity index (χ0) is 10.3. The lowest BCUT2D eigenvalue weighted by molar-refractivity contribution is 0.262. The van der Waals surface area contributed by atoms with Gasteiger partial charge in [-0.05, 0) is 25.7 Å². The Morgan fingerprint density at radius 2 is 1.57 bits per heavy atom. The molecule has 0 aliphatic heterocycles. The minimum Gasteiger partial charge on any atom is -0.396 e. The lowest BCUT2D eigenvalue weighted by Crippen LogP contribution is -2.41. The highest BCUT2D eigenvalue weighted by atomic mass is 16.2. The largest absolute Gasteiger partial charge is 0.396 e. The van der Waals surface area contributed by atoms with Crippen molar-refractivity contribution in [1.29, 1.82) is 0 Å². The molecule has 0 aromatic heterocycles. The summed E-state index contributed by atoms with van der Waals surface area (Å²) >= 11 is 0. The Bertz CT molecular complexity index is 141. The molecule has 1 rings (SSSR count). The molecule has 0 bridgehead atoms. The molecule has 0 unspecified atom stereocenters. The van der Waals surface area contributed by atoms with Gasteiger partial charge in [0.25, 0.3) is 0 Å². The van der Waals surface area contributed by atoms with Crippen molar-refractivity contribution in [2.45, 2.75) is 69.7 Å². The summed E-state index contributed by atoms with van der Waals surface area (Å²) in [5.41, 5.74) is 6.49. The van der Waals surface area contributed by atoms with Gasteiger partial charge in [-0.1, -0.05) is 38.5 Å². The van der Waals surface area contributed by atoms with E-state index < -0.39 is 0 Å². The minimum atomic E-state index is 0.164. The Morgan fingerprint density at radius 3 is 2.21 bits per heavy atom. The molecule has 2 nitrogen and oxygen atoms in total. The zero-order valence-corrected chi connectivity index (χ0v) is 9.30. The van der Waals surface area contributed by atoms with E-state index in [1.807, 2.05) is 0 Å². The number of nitrogens with two attached hydrogens (primary N) is 1. The predicted molar refractivity (Wildman–Crippen MR) is 60.2 cm³/mol. The molecule has 0 saturated heterocycles. The van der Waals surface area contributed by atoms with Crippen molar-refractivity contribution in [3.63, 3.8) is 0 Å². The van der Waals surface area contributed by atoms with E-state index in [2.05, 4.69) is 0 Å². The maximum Gasteiger partial charge on any atom is 0.0431 e. The van der Waals surface area contributed by atoms with Crippen molar-refractivity contribution in [2.75, 3.05) is 6.61 Å². The van der Waals surface area contributed by atoms with Crippen LogP contribution in [0.15, 0.2) is 0 Å². The van der Waals surface area contributed by atoms with Crippen LogP contribution in [0.1, 0.15) is 64.2 Å². The van der Waals surface area contributed by atoms with Crippen molar-refractivity contribution in [2.24, 2.45) is 5.73 Å². The van der Waals surface area contributed by atoms with Crippen LogP contribution >= 0.6 is 0 Å². The lowest BCUT2D eigenvalue weighted by Gasteiger charge is -2.33. The van der Waals surface area contributed by atoms with Gasteiger partial charge in [0.1, 0.15) is 0 Å². The Labute approximate surface area is 87.9 Å². The normalized spacial score (nSPS) is 21.0. The monoisotopic (exact) mass is 199 g/mol.